The first kappa shape index (κ1) is 18.4. The Bertz CT molecular complexity index is 703. The second-order valence-corrected chi connectivity index (χ2v) is 6.00. The van der Waals surface area contributed by atoms with E-state index in [1.54, 1.807) is 11.0 Å². The molecule has 132 valence electrons. The Morgan fingerprint density at radius 3 is 2.83 bits per heavy atom. The third-order valence-corrected chi connectivity index (χ3v) is 4.44. The first-order valence-electron chi connectivity index (χ1n) is 7.95. The van der Waals surface area contributed by atoms with Crippen LogP contribution in [0.5, 0.6) is 0 Å². The zero-order chi connectivity index (χ0) is 16.4. The molecule has 0 saturated carbocycles. The normalized spacial score (nSPS) is 17.4. The van der Waals surface area contributed by atoms with Gasteiger partial charge in [0.1, 0.15) is 6.33 Å². The van der Waals surface area contributed by atoms with Crippen LogP contribution in [0.25, 0.3) is 0 Å². The van der Waals surface area contributed by atoms with Crippen LogP contribution in [-0.4, -0.2) is 43.5 Å². The number of aryl methyl sites for hydroxylation is 2. The highest BCUT2D eigenvalue weighted by Crippen LogP contribution is 2.15. The molecule has 2 aromatic rings. The number of rotatable bonds is 4. The van der Waals surface area contributed by atoms with Gasteiger partial charge in [-0.25, -0.2) is 9.67 Å². The largest absolute Gasteiger partial charge is 0.345 e. The molecule has 0 bridgehead atoms. The summed E-state index contributed by atoms with van der Waals surface area (Å²) in [4.78, 5) is 16.4. The Balaban J connectivity index is 0.00000208. The van der Waals surface area contributed by atoms with Crippen LogP contribution in [0, 0.1) is 13.8 Å². The lowest BCUT2D eigenvalue weighted by atomic mass is 10.1. The summed E-state index contributed by atoms with van der Waals surface area (Å²) in [6.45, 7) is 6.28. The molecule has 9 heteroatoms. The Hall–Kier alpha value is -1.93. The molecule has 1 atom stereocenters. The quantitative estimate of drug-likeness (QED) is 0.852. The topological polar surface area (TPSA) is 89.7 Å². The molecule has 1 unspecified atom stereocenters. The summed E-state index contributed by atoms with van der Waals surface area (Å²) in [6.07, 6.45) is 3.82. The van der Waals surface area contributed by atoms with E-state index >= 15 is 0 Å². The Labute approximate surface area is 147 Å². The Morgan fingerprint density at radius 1 is 1.42 bits per heavy atom. The van der Waals surface area contributed by atoms with E-state index in [0.29, 0.717) is 6.54 Å². The van der Waals surface area contributed by atoms with Crippen molar-refractivity contribution in [2.75, 3.05) is 13.1 Å². The highest BCUT2D eigenvalue weighted by atomic mass is 35.5. The van der Waals surface area contributed by atoms with Crippen LogP contribution in [-0.2, 0) is 13.6 Å². The molecule has 1 amide bonds. The smallest absolute Gasteiger partial charge is 0.291 e. The summed E-state index contributed by atoms with van der Waals surface area (Å²) >= 11 is 0. The lowest BCUT2D eigenvalue weighted by Gasteiger charge is -2.22. The molecule has 1 aliphatic heterocycles. The molecule has 24 heavy (non-hydrogen) atoms. The van der Waals surface area contributed by atoms with E-state index in [-0.39, 0.29) is 30.2 Å². The monoisotopic (exact) mass is 353 g/mol. The van der Waals surface area contributed by atoms with Gasteiger partial charge < -0.3 is 10.6 Å². The van der Waals surface area contributed by atoms with Gasteiger partial charge in [0, 0.05) is 31.4 Å². The van der Waals surface area contributed by atoms with Crippen LogP contribution in [0.3, 0.4) is 0 Å². The predicted octanol–water partition coefficient (Wildman–Crippen LogP) is 0.905. The van der Waals surface area contributed by atoms with Gasteiger partial charge in [-0.2, -0.15) is 5.10 Å². The fourth-order valence-electron chi connectivity index (χ4n) is 2.94. The second-order valence-electron chi connectivity index (χ2n) is 6.00. The first-order valence-corrected chi connectivity index (χ1v) is 7.95. The van der Waals surface area contributed by atoms with E-state index in [4.69, 9.17) is 0 Å². The highest BCUT2D eigenvalue weighted by Gasteiger charge is 2.19. The standard InChI is InChI=1S/C15H23N7O.ClH/c1-10-13(11(2)21(3)19-10)8-17-15(23)14-18-9-22(20-14)12-5-4-6-16-7-12;/h9,12,16H,4-8H2,1-3H3,(H,17,23);1H. The number of carbonyl (C=O) groups excluding carboxylic acids is 1. The average molecular weight is 354 g/mol. The fraction of sp³-hybridized carbons (Fsp3) is 0.600. The first-order chi connectivity index (χ1) is 11.1. The zero-order valence-corrected chi connectivity index (χ0v) is 15.1. The van der Waals surface area contributed by atoms with Crippen molar-refractivity contribution >= 4 is 18.3 Å². The number of hydrogen-bond donors (Lipinski definition) is 2. The van der Waals surface area contributed by atoms with E-state index in [0.717, 1.165) is 42.9 Å². The molecular formula is C15H24ClN7O. The second kappa shape index (κ2) is 7.76. The van der Waals surface area contributed by atoms with Crippen LogP contribution < -0.4 is 10.6 Å². The van der Waals surface area contributed by atoms with Gasteiger partial charge in [0.25, 0.3) is 5.91 Å². The van der Waals surface area contributed by atoms with Crippen molar-refractivity contribution in [2.24, 2.45) is 7.05 Å². The molecule has 0 aliphatic carbocycles. The van der Waals surface area contributed by atoms with Crippen molar-refractivity contribution in [2.45, 2.75) is 39.3 Å². The molecule has 1 aliphatic rings. The van der Waals surface area contributed by atoms with E-state index < -0.39 is 0 Å². The maximum atomic E-state index is 12.3. The van der Waals surface area contributed by atoms with Gasteiger partial charge in [-0.1, -0.05) is 0 Å². The third-order valence-electron chi connectivity index (χ3n) is 4.44. The van der Waals surface area contributed by atoms with E-state index in [1.165, 1.54) is 0 Å². The van der Waals surface area contributed by atoms with Crippen molar-refractivity contribution in [1.82, 2.24) is 35.2 Å². The molecule has 2 aromatic heterocycles. The summed E-state index contributed by atoms with van der Waals surface area (Å²) < 4.78 is 3.61. The zero-order valence-electron chi connectivity index (χ0n) is 14.2. The van der Waals surface area contributed by atoms with Gasteiger partial charge in [-0.05, 0) is 33.2 Å². The fourth-order valence-corrected chi connectivity index (χ4v) is 2.94. The SMILES string of the molecule is Cc1nn(C)c(C)c1CNC(=O)c1ncn(C2CCCNC2)n1.Cl. The van der Waals surface area contributed by atoms with E-state index in [1.807, 2.05) is 25.6 Å². The minimum Gasteiger partial charge on any atom is -0.345 e. The van der Waals surface area contributed by atoms with Crippen LogP contribution >= 0.6 is 12.4 Å². The molecule has 8 nitrogen and oxygen atoms in total. The van der Waals surface area contributed by atoms with Crippen molar-refractivity contribution in [3.63, 3.8) is 0 Å². The Morgan fingerprint density at radius 2 is 2.21 bits per heavy atom. The third kappa shape index (κ3) is 3.76. The van der Waals surface area contributed by atoms with E-state index in [2.05, 4.69) is 25.8 Å². The average Bonchev–Trinajstić information content (AvgIpc) is 3.13. The van der Waals surface area contributed by atoms with Crippen molar-refractivity contribution in [1.29, 1.82) is 0 Å². The molecular weight excluding hydrogens is 330 g/mol. The number of hydrogen-bond acceptors (Lipinski definition) is 5. The summed E-state index contributed by atoms with van der Waals surface area (Å²) in [5, 5.41) is 14.9. The maximum absolute atomic E-state index is 12.3. The minimum atomic E-state index is -0.254. The van der Waals surface area contributed by atoms with Crippen LogP contribution in [0.4, 0.5) is 0 Å². The summed E-state index contributed by atoms with van der Waals surface area (Å²) in [7, 11) is 1.90. The minimum absolute atomic E-state index is 0. The summed E-state index contributed by atoms with van der Waals surface area (Å²) in [5.41, 5.74) is 3.02. The van der Waals surface area contributed by atoms with Crippen LogP contribution in [0.2, 0.25) is 0 Å². The van der Waals surface area contributed by atoms with Crippen molar-refractivity contribution in [3.8, 4) is 0 Å². The number of aromatic nitrogens is 5. The number of halogens is 1. The molecule has 3 rings (SSSR count). The van der Waals surface area contributed by atoms with E-state index in [9.17, 15) is 4.79 Å². The Kier molecular flexibility index (Phi) is 5.95. The molecule has 0 spiro atoms. The molecule has 3 heterocycles. The number of nitrogens with zero attached hydrogens (tertiary/aromatic N) is 5. The molecule has 0 radical (unpaired) electrons. The molecule has 0 aromatic carbocycles. The van der Waals surface area contributed by atoms with Gasteiger partial charge in [0.2, 0.25) is 5.82 Å². The van der Waals surface area contributed by atoms with Crippen LogP contribution in [0.1, 0.15) is 46.5 Å². The van der Waals surface area contributed by atoms with Crippen molar-refractivity contribution < 1.29 is 4.79 Å². The van der Waals surface area contributed by atoms with Gasteiger partial charge in [-0.15, -0.1) is 17.5 Å². The van der Waals surface area contributed by atoms with Crippen LogP contribution in [0.15, 0.2) is 6.33 Å². The van der Waals surface area contributed by atoms with Gasteiger partial charge in [0.15, 0.2) is 0 Å². The predicted molar refractivity (Wildman–Crippen MR) is 92.3 cm³/mol. The van der Waals surface area contributed by atoms with Gasteiger partial charge in [0.05, 0.1) is 11.7 Å². The number of piperidine rings is 1. The summed E-state index contributed by atoms with van der Waals surface area (Å²) in [5.74, 6) is -0.0371. The molecule has 1 saturated heterocycles. The number of carbonyl (C=O) groups is 1. The van der Waals surface area contributed by atoms with Gasteiger partial charge >= 0.3 is 0 Å². The lowest BCUT2D eigenvalue weighted by Crippen LogP contribution is -2.32. The van der Waals surface area contributed by atoms with Crippen molar-refractivity contribution in [3.05, 3.63) is 29.1 Å². The molecule has 2 N–H and O–H groups in total. The highest BCUT2D eigenvalue weighted by molar-refractivity contribution is 5.90. The summed E-state index contributed by atoms with van der Waals surface area (Å²) in [6, 6.07) is 0.278. The van der Waals surface area contributed by atoms with Gasteiger partial charge in [-0.3, -0.25) is 9.48 Å². The number of nitrogens with one attached hydrogen (secondary N) is 2. The number of amides is 1. The molecule has 1 fully saturated rings. The lowest BCUT2D eigenvalue weighted by molar-refractivity contribution is 0.0939. The maximum Gasteiger partial charge on any atom is 0.291 e.